The van der Waals surface area contributed by atoms with E-state index in [4.69, 9.17) is 16.3 Å². The van der Waals surface area contributed by atoms with Crippen molar-refractivity contribution in [1.29, 1.82) is 0 Å². The van der Waals surface area contributed by atoms with Gasteiger partial charge in [0.25, 0.3) is 5.69 Å². The SMILES string of the molecule is COC1CC(NCc2ccc([N+](=O)[O-])cc2Cl)C1. The quantitative estimate of drug-likeness (QED) is 0.660. The summed E-state index contributed by atoms with van der Waals surface area (Å²) in [5.41, 5.74) is 0.898. The molecule has 0 spiro atoms. The number of halogens is 1. The number of hydrogen-bond donors (Lipinski definition) is 1. The van der Waals surface area contributed by atoms with Crippen molar-refractivity contribution in [2.24, 2.45) is 0 Å². The Labute approximate surface area is 110 Å². The van der Waals surface area contributed by atoms with Crippen molar-refractivity contribution >= 4 is 17.3 Å². The van der Waals surface area contributed by atoms with Crippen molar-refractivity contribution in [3.8, 4) is 0 Å². The van der Waals surface area contributed by atoms with Crippen LogP contribution in [0.3, 0.4) is 0 Å². The summed E-state index contributed by atoms with van der Waals surface area (Å²) in [5.74, 6) is 0. The van der Waals surface area contributed by atoms with E-state index in [9.17, 15) is 10.1 Å². The van der Waals surface area contributed by atoms with Gasteiger partial charge in [0.15, 0.2) is 0 Å². The number of nitro groups is 1. The third kappa shape index (κ3) is 2.98. The zero-order valence-corrected chi connectivity index (χ0v) is 10.8. The molecule has 0 bridgehead atoms. The molecule has 0 amide bonds. The molecule has 1 fully saturated rings. The number of rotatable bonds is 5. The van der Waals surface area contributed by atoms with Crippen LogP contribution in [0.2, 0.25) is 5.02 Å². The minimum atomic E-state index is -0.446. The number of nitrogens with one attached hydrogen (secondary N) is 1. The lowest BCUT2D eigenvalue weighted by atomic mass is 9.89. The maximum absolute atomic E-state index is 10.6. The van der Waals surface area contributed by atoms with E-state index >= 15 is 0 Å². The molecule has 0 aliphatic heterocycles. The highest BCUT2D eigenvalue weighted by molar-refractivity contribution is 6.31. The van der Waals surface area contributed by atoms with Crippen molar-refractivity contribution in [2.75, 3.05) is 7.11 Å². The Bertz CT molecular complexity index is 447. The lowest BCUT2D eigenvalue weighted by Gasteiger charge is -2.34. The summed E-state index contributed by atoms with van der Waals surface area (Å²) >= 11 is 6.00. The standard InChI is InChI=1S/C12H15ClN2O3/c1-18-11-4-9(5-11)14-7-8-2-3-10(15(16)17)6-12(8)13/h2-3,6,9,11,14H,4-5,7H2,1H3. The first-order valence-electron chi connectivity index (χ1n) is 5.79. The van der Waals surface area contributed by atoms with Gasteiger partial charge in [-0.3, -0.25) is 10.1 Å². The number of nitrogens with zero attached hydrogens (tertiary/aromatic N) is 1. The van der Waals surface area contributed by atoms with Gasteiger partial charge in [-0.25, -0.2) is 0 Å². The molecular formula is C12H15ClN2O3. The fourth-order valence-electron chi connectivity index (χ4n) is 1.97. The van der Waals surface area contributed by atoms with E-state index in [-0.39, 0.29) is 5.69 Å². The van der Waals surface area contributed by atoms with Gasteiger partial charge in [-0.15, -0.1) is 0 Å². The van der Waals surface area contributed by atoms with E-state index in [0.717, 1.165) is 18.4 Å². The molecule has 0 radical (unpaired) electrons. The van der Waals surface area contributed by atoms with Crippen LogP contribution in [-0.2, 0) is 11.3 Å². The highest BCUT2D eigenvalue weighted by atomic mass is 35.5. The molecule has 98 valence electrons. The molecule has 0 saturated heterocycles. The van der Waals surface area contributed by atoms with Crippen molar-refractivity contribution in [3.05, 3.63) is 38.9 Å². The molecular weight excluding hydrogens is 256 g/mol. The molecule has 18 heavy (non-hydrogen) atoms. The number of methoxy groups -OCH3 is 1. The molecule has 0 aromatic heterocycles. The van der Waals surface area contributed by atoms with Gasteiger partial charge in [0, 0.05) is 31.8 Å². The zero-order chi connectivity index (χ0) is 13.1. The van der Waals surface area contributed by atoms with Crippen LogP contribution in [0.15, 0.2) is 18.2 Å². The molecule has 0 atom stereocenters. The van der Waals surface area contributed by atoms with Gasteiger partial charge in [-0.2, -0.15) is 0 Å². The summed E-state index contributed by atoms with van der Waals surface area (Å²) < 4.78 is 5.19. The van der Waals surface area contributed by atoms with Crippen molar-refractivity contribution in [3.63, 3.8) is 0 Å². The van der Waals surface area contributed by atoms with Gasteiger partial charge < -0.3 is 10.1 Å². The third-order valence-electron chi connectivity index (χ3n) is 3.26. The smallest absolute Gasteiger partial charge is 0.270 e. The lowest BCUT2D eigenvalue weighted by molar-refractivity contribution is -0.384. The highest BCUT2D eigenvalue weighted by Gasteiger charge is 2.28. The van der Waals surface area contributed by atoms with Gasteiger partial charge in [-0.1, -0.05) is 11.6 Å². The second-order valence-corrected chi connectivity index (χ2v) is 4.85. The molecule has 2 rings (SSSR count). The Balaban J connectivity index is 1.88. The molecule has 6 heteroatoms. The molecule has 1 aromatic carbocycles. The maximum atomic E-state index is 10.6. The maximum Gasteiger partial charge on any atom is 0.270 e. The second kappa shape index (κ2) is 5.65. The van der Waals surface area contributed by atoms with Gasteiger partial charge in [0.2, 0.25) is 0 Å². The van der Waals surface area contributed by atoms with Crippen LogP contribution in [0, 0.1) is 10.1 Å². The van der Waals surface area contributed by atoms with Gasteiger partial charge in [-0.05, 0) is 24.5 Å². The summed E-state index contributed by atoms with van der Waals surface area (Å²) in [6.07, 6.45) is 2.36. The summed E-state index contributed by atoms with van der Waals surface area (Å²) in [6.45, 7) is 0.623. The Morgan fingerprint density at radius 2 is 2.28 bits per heavy atom. The van der Waals surface area contributed by atoms with Gasteiger partial charge >= 0.3 is 0 Å². The molecule has 1 aromatic rings. The van der Waals surface area contributed by atoms with Crippen molar-refractivity contribution in [2.45, 2.75) is 31.5 Å². The summed E-state index contributed by atoms with van der Waals surface area (Å²) in [6, 6.07) is 5.00. The largest absolute Gasteiger partial charge is 0.381 e. The fourth-order valence-corrected chi connectivity index (χ4v) is 2.21. The van der Waals surface area contributed by atoms with Crippen molar-refractivity contribution < 1.29 is 9.66 Å². The highest BCUT2D eigenvalue weighted by Crippen LogP contribution is 2.25. The first-order chi connectivity index (χ1) is 8.60. The normalized spacial score (nSPS) is 22.6. The van der Waals surface area contributed by atoms with E-state index in [0.29, 0.717) is 23.7 Å². The molecule has 1 N–H and O–H groups in total. The number of non-ortho nitro benzene ring substituents is 1. The first kappa shape index (κ1) is 13.3. The topological polar surface area (TPSA) is 64.4 Å². The zero-order valence-electron chi connectivity index (χ0n) is 10.1. The lowest BCUT2D eigenvalue weighted by Crippen LogP contribution is -2.44. The predicted molar refractivity (Wildman–Crippen MR) is 68.8 cm³/mol. The summed E-state index contributed by atoms with van der Waals surface area (Å²) in [7, 11) is 1.72. The van der Waals surface area contributed by atoms with E-state index < -0.39 is 4.92 Å². The molecule has 5 nitrogen and oxygen atoms in total. The fraction of sp³-hybridized carbons (Fsp3) is 0.500. The monoisotopic (exact) mass is 270 g/mol. The number of benzene rings is 1. The Hall–Kier alpha value is -1.17. The first-order valence-corrected chi connectivity index (χ1v) is 6.17. The average Bonchev–Trinajstić information content (AvgIpc) is 2.28. The van der Waals surface area contributed by atoms with Crippen LogP contribution in [-0.4, -0.2) is 24.2 Å². The molecule has 0 unspecified atom stereocenters. The van der Waals surface area contributed by atoms with E-state index in [1.165, 1.54) is 12.1 Å². The number of hydrogen-bond acceptors (Lipinski definition) is 4. The van der Waals surface area contributed by atoms with Gasteiger partial charge in [0.1, 0.15) is 0 Å². The Morgan fingerprint density at radius 1 is 1.56 bits per heavy atom. The Kier molecular flexibility index (Phi) is 4.16. The van der Waals surface area contributed by atoms with E-state index in [1.54, 1.807) is 13.2 Å². The molecule has 1 aliphatic carbocycles. The second-order valence-electron chi connectivity index (χ2n) is 4.44. The Morgan fingerprint density at radius 3 is 2.83 bits per heavy atom. The predicted octanol–water partition coefficient (Wildman–Crippen LogP) is 2.52. The minimum absolute atomic E-state index is 0.0202. The third-order valence-corrected chi connectivity index (χ3v) is 3.61. The summed E-state index contributed by atoms with van der Waals surface area (Å²) in [5, 5.41) is 14.4. The number of nitro benzene ring substituents is 1. The van der Waals surface area contributed by atoms with Gasteiger partial charge in [0.05, 0.1) is 16.0 Å². The van der Waals surface area contributed by atoms with Crippen LogP contribution < -0.4 is 5.32 Å². The van der Waals surface area contributed by atoms with E-state index in [2.05, 4.69) is 5.32 Å². The van der Waals surface area contributed by atoms with Crippen LogP contribution in [0.4, 0.5) is 5.69 Å². The van der Waals surface area contributed by atoms with Crippen LogP contribution in [0.5, 0.6) is 0 Å². The van der Waals surface area contributed by atoms with Crippen LogP contribution in [0.1, 0.15) is 18.4 Å². The summed E-state index contributed by atoms with van der Waals surface area (Å²) in [4.78, 5) is 10.1. The van der Waals surface area contributed by atoms with Crippen molar-refractivity contribution in [1.82, 2.24) is 5.32 Å². The van der Waals surface area contributed by atoms with E-state index in [1.807, 2.05) is 0 Å². The average molecular weight is 271 g/mol. The van der Waals surface area contributed by atoms with Crippen LogP contribution >= 0.6 is 11.6 Å². The number of ether oxygens (including phenoxy) is 1. The molecule has 0 heterocycles. The molecule has 1 saturated carbocycles. The molecule has 1 aliphatic rings. The minimum Gasteiger partial charge on any atom is -0.381 e. The van der Waals surface area contributed by atoms with Crippen LogP contribution in [0.25, 0.3) is 0 Å².